The second kappa shape index (κ2) is 14.4. The van der Waals surface area contributed by atoms with Crippen LogP contribution in [0.3, 0.4) is 0 Å². The monoisotopic (exact) mass is 670 g/mol. The van der Waals surface area contributed by atoms with Crippen molar-refractivity contribution in [3.05, 3.63) is 11.6 Å². The Morgan fingerprint density at radius 3 is 1.91 bits per heavy atom. The molecule has 2 aliphatic rings. The van der Waals surface area contributed by atoms with E-state index in [1.807, 2.05) is 82.2 Å². The number of Topliss-reactive ketones (excluding diaryl/α,β-unsaturated/α-hetero) is 1. The van der Waals surface area contributed by atoms with Gasteiger partial charge in [0.25, 0.3) is 0 Å². The molecule has 2 fully saturated rings. The normalized spacial score (nSPS) is 31.7. The van der Waals surface area contributed by atoms with Gasteiger partial charge >= 0.3 is 5.97 Å². The van der Waals surface area contributed by atoms with Crippen molar-refractivity contribution >= 4 is 20.1 Å². The smallest absolute Gasteiger partial charge is 0.310 e. The molecule has 9 nitrogen and oxygen atoms in total. The Morgan fingerprint density at radius 2 is 1.43 bits per heavy atom. The zero-order valence-corrected chi connectivity index (χ0v) is 33.2. The average molecular weight is 671 g/mol. The number of methoxy groups -OCH3 is 1. The van der Waals surface area contributed by atoms with Crippen molar-refractivity contribution in [1.82, 2.24) is 0 Å². The summed E-state index contributed by atoms with van der Waals surface area (Å²) in [5, 5.41) is -0.0799. The molecule has 0 aromatic carbocycles. The first-order valence-electron chi connectivity index (χ1n) is 17.1. The van der Waals surface area contributed by atoms with Gasteiger partial charge in [0.15, 0.2) is 25.7 Å². The Labute approximate surface area is 280 Å². The molecule has 46 heavy (non-hydrogen) atoms. The second-order valence-electron chi connectivity index (χ2n) is 16.3. The lowest BCUT2D eigenvalue weighted by atomic mass is 9.78. The Morgan fingerprint density at radius 1 is 0.913 bits per heavy atom. The first-order valence-corrected chi connectivity index (χ1v) is 20.0. The quantitative estimate of drug-likeness (QED) is 0.105. The summed E-state index contributed by atoms with van der Waals surface area (Å²) in [6.45, 7) is 34.4. The van der Waals surface area contributed by atoms with Crippen LogP contribution in [0.2, 0.25) is 18.1 Å². The van der Waals surface area contributed by atoms with E-state index in [1.54, 1.807) is 0 Å². The lowest BCUT2D eigenvalue weighted by molar-refractivity contribution is -0.186. The van der Waals surface area contributed by atoms with Crippen molar-refractivity contribution in [2.24, 2.45) is 17.8 Å². The summed E-state index contributed by atoms with van der Waals surface area (Å²) in [7, 11) is -0.920. The highest BCUT2D eigenvalue weighted by atomic mass is 28.4. The predicted octanol–water partition coefficient (Wildman–Crippen LogP) is 7.61. The van der Waals surface area contributed by atoms with E-state index in [-0.39, 0.29) is 28.8 Å². The van der Waals surface area contributed by atoms with E-state index < -0.39 is 61.2 Å². The number of carbonyl (C=O) groups is 2. The minimum atomic E-state index is -2.32. The Balaban J connectivity index is 2.53. The molecule has 2 aliphatic heterocycles. The number of rotatable bonds is 14. The third-order valence-electron chi connectivity index (χ3n) is 10.3. The van der Waals surface area contributed by atoms with Gasteiger partial charge in [-0.2, -0.15) is 0 Å². The number of esters is 1. The Bertz CT molecular complexity index is 1110. The molecule has 2 heterocycles. The number of ketones is 1. The molecular weight excluding hydrogens is 604 g/mol. The van der Waals surface area contributed by atoms with Crippen LogP contribution in [0.15, 0.2) is 11.6 Å². The lowest BCUT2D eigenvalue weighted by Crippen LogP contribution is -2.53. The molecule has 0 aromatic heterocycles. The van der Waals surface area contributed by atoms with Crippen molar-refractivity contribution in [2.45, 2.75) is 176 Å². The van der Waals surface area contributed by atoms with E-state index in [2.05, 4.69) is 40.8 Å². The van der Waals surface area contributed by atoms with Crippen LogP contribution in [0.5, 0.6) is 0 Å². The van der Waals surface area contributed by atoms with Gasteiger partial charge in [0.2, 0.25) is 0 Å². The third-order valence-corrected chi connectivity index (χ3v) is 14.8. The standard InChI is InChI=1S/C36H66O9Si/c1-19-26(40-20-2)36(15)30(42-34(12,13)45-36)23(4)27(37)22(3)21-35(14)29(41-33(10,11)44-35)24(5)28(25(6)31(38)39-16)43-46(17,18)32(7,8)9/h21,23-26,28-30H,19-20H2,1-18H3/b22-21+/t23-,24-,25+,26+,28-,29+,30+,35+,36+/m0/s1. The molecule has 10 heteroatoms. The maximum Gasteiger partial charge on any atom is 0.310 e. The van der Waals surface area contributed by atoms with Crippen LogP contribution >= 0.6 is 0 Å². The average Bonchev–Trinajstić information content (AvgIpc) is 3.33. The zero-order valence-electron chi connectivity index (χ0n) is 32.2. The highest BCUT2D eigenvalue weighted by molar-refractivity contribution is 6.74. The number of ether oxygens (including phenoxy) is 6. The van der Waals surface area contributed by atoms with E-state index in [1.165, 1.54) is 7.11 Å². The first-order chi connectivity index (χ1) is 20.7. The highest BCUT2D eigenvalue weighted by Gasteiger charge is 2.58. The van der Waals surface area contributed by atoms with Crippen molar-refractivity contribution in [3.8, 4) is 0 Å². The third kappa shape index (κ3) is 8.71. The van der Waals surface area contributed by atoms with Crippen LogP contribution in [0.4, 0.5) is 0 Å². The van der Waals surface area contributed by atoms with Crippen molar-refractivity contribution in [3.63, 3.8) is 0 Å². The predicted molar refractivity (Wildman–Crippen MR) is 183 cm³/mol. The van der Waals surface area contributed by atoms with E-state index in [0.29, 0.717) is 12.2 Å². The zero-order chi connectivity index (χ0) is 35.8. The van der Waals surface area contributed by atoms with Crippen LogP contribution in [0, 0.1) is 17.8 Å². The van der Waals surface area contributed by atoms with Crippen LogP contribution < -0.4 is 0 Å². The number of hydrogen-bond donors (Lipinski definition) is 0. The van der Waals surface area contributed by atoms with Gasteiger partial charge in [-0.3, -0.25) is 9.59 Å². The fourth-order valence-electron chi connectivity index (χ4n) is 7.22. The van der Waals surface area contributed by atoms with E-state index >= 15 is 0 Å². The van der Waals surface area contributed by atoms with Crippen molar-refractivity contribution < 1.29 is 42.4 Å². The molecular formula is C36H66O9Si. The number of hydrogen-bond acceptors (Lipinski definition) is 9. The van der Waals surface area contributed by atoms with Crippen LogP contribution in [0.1, 0.15) is 110 Å². The molecule has 0 amide bonds. The summed E-state index contributed by atoms with van der Waals surface area (Å²) >= 11 is 0. The fourth-order valence-corrected chi connectivity index (χ4v) is 8.67. The molecule has 0 saturated carbocycles. The first kappa shape index (κ1) is 41.0. The van der Waals surface area contributed by atoms with Gasteiger partial charge in [-0.1, -0.05) is 41.5 Å². The van der Waals surface area contributed by atoms with E-state index in [9.17, 15) is 9.59 Å². The van der Waals surface area contributed by atoms with Gasteiger partial charge in [0, 0.05) is 18.4 Å². The molecule has 0 spiro atoms. The largest absolute Gasteiger partial charge is 0.469 e. The van der Waals surface area contributed by atoms with Gasteiger partial charge in [0.05, 0.1) is 31.3 Å². The van der Waals surface area contributed by atoms with Crippen molar-refractivity contribution in [1.29, 1.82) is 0 Å². The van der Waals surface area contributed by atoms with Crippen LogP contribution in [-0.4, -0.2) is 81.0 Å². The topological polar surface area (TPSA) is 98.8 Å². The molecule has 0 bridgehead atoms. The number of allylic oxidation sites excluding steroid dienone is 1. The summed E-state index contributed by atoms with van der Waals surface area (Å²) < 4.78 is 44.3. The summed E-state index contributed by atoms with van der Waals surface area (Å²) in [5.74, 6) is -3.58. The molecule has 0 radical (unpaired) electrons. The highest BCUT2D eigenvalue weighted by Crippen LogP contribution is 2.47. The molecule has 0 unspecified atom stereocenters. The van der Waals surface area contributed by atoms with Gasteiger partial charge in [-0.05, 0) is 98.5 Å². The SMILES string of the molecule is CCO[C@H](CC)[C@@]1(C)OC(C)(C)O[C@@H]1[C@@H](C)C(=O)/C(C)=C/[C@@]1(C)OC(C)(C)O[C@@H]1[C@@H](C)[C@H](O[Si](C)(C)C(C)(C)C)[C@@H](C)C(=O)OC. The molecule has 0 aromatic rings. The van der Waals surface area contributed by atoms with Gasteiger partial charge in [0.1, 0.15) is 17.3 Å². The molecule has 2 saturated heterocycles. The summed E-state index contributed by atoms with van der Waals surface area (Å²) in [5.41, 5.74) is -1.28. The Hall–Kier alpha value is -1.14. The van der Waals surface area contributed by atoms with Crippen molar-refractivity contribution in [2.75, 3.05) is 13.7 Å². The minimum absolute atomic E-state index is 0.0678. The molecule has 9 atom stereocenters. The molecule has 0 aliphatic carbocycles. The Kier molecular flexibility index (Phi) is 12.8. The summed E-state index contributed by atoms with van der Waals surface area (Å²) in [4.78, 5) is 27.1. The molecule has 2 rings (SSSR count). The van der Waals surface area contributed by atoms with Crippen LogP contribution in [0.25, 0.3) is 0 Å². The maximum atomic E-state index is 14.2. The van der Waals surface area contributed by atoms with Gasteiger partial charge < -0.3 is 32.8 Å². The van der Waals surface area contributed by atoms with E-state index in [4.69, 9.17) is 32.8 Å². The molecule has 268 valence electrons. The lowest BCUT2D eigenvalue weighted by Gasteiger charge is -2.44. The molecule has 0 N–H and O–H groups in total. The second-order valence-corrected chi connectivity index (χ2v) is 21.1. The van der Waals surface area contributed by atoms with Gasteiger partial charge in [-0.25, -0.2) is 0 Å². The number of carbonyl (C=O) groups excluding carboxylic acids is 2. The fraction of sp³-hybridized carbons (Fsp3) is 0.889. The minimum Gasteiger partial charge on any atom is -0.469 e. The summed E-state index contributed by atoms with van der Waals surface area (Å²) in [6, 6.07) is 0. The van der Waals surface area contributed by atoms with Gasteiger partial charge in [-0.15, -0.1) is 0 Å². The van der Waals surface area contributed by atoms with E-state index in [0.717, 1.165) is 6.42 Å². The summed E-state index contributed by atoms with van der Waals surface area (Å²) in [6.07, 6.45) is 0.795. The van der Waals surface area contributed by atoms with Crippen LogP contribution in [-0.2, 0) is 42.4 Å². The maximum absolute atomic E-state index is 14.2.